The van der Waals surface area contributed by atoms with E-state index in [1.807, 2.05) is 30.3 Å². The quantitative estimate of drug-likeness (QED) is 0.780. The van der Waals surface area contributed by atoms with Gasteiger partial charge in [-0.1, -0.05) is 30.3 Å². The molecular weight excluding hydrogens is 352 g/mol. The van der Waals surface area contributed by atoms with Crippen molar-refractivity contribution in [3.63, 3.8) is 0 Å². The Morgan fingerprint density at radius 3 is 2.42 bits per heavy atom. The summed E-state index contributed by atoms with van der Waals surface area (Å²) in [5.74, 6) is 0.304. The van der Waals surface area contributed by atoms with Crippen LogP contribution in [-0.2, 0) is 10.0 Å². The summed E-state index contributed by atoms with van der Waals surface area (Å²) in [4.78, 5) is 12.7. The van der Waals surface area contributed by atoms with Crippen molar-refractivity contribution in [2.75, 3.05) is 14.2 Å². The Morgan fingerprint density at radius 2 is 1.85 bits per heavy atom. The van der Waals surface area contributed by atoms with E-state index in [4.69, 9.17) is 4.74 Å². The number of hydrogen-bond donors (Lipinski definition) is 2. The van der Waals surface area contributed by atoms with E-state index in [-0.39, 0.29) is 28.2 Å². The van der Waals surface area contributed by atoms with E-state index < -0.39 is 10.0 Å². The van der Waals surface area contributed by atoms with Gasteiger partial charge in [0, 0.05) is 5.56 Å². The Kier molecular flexibility index (Phi) is 5.29. The number of carbonyl (C=O) groups excluding carboxylic acids is 1. The second-order valence-corrected chi connectivity index (χ2v) is 8.13. The molecule has 0 aromatic heterocycles. The van der Waals surface area contributed by atoms with Crippen LogP contribution < -0.4 is 14.8 Å². The van der Waals surface area contributed by atoms with Crippen LogP contribution in [0.25, 0.3) is 0 Å². The second kappa shape index (κ2) is 7.47. The summed E-state index contributed by atoms with van der Waals surface area (Å²) in [5, 5.41) is 3.05. The van der Waals surface area contributed by atoms with Gasteiger partial charge in [0.15, 0.2) is 0 Å². The molecule has 7 heteroatoms. The van der Waals surface area contributed by atoms with Crippen LogP contribution in [0.2, 0.25) is 0 Å². The highest BCUT2D eigenvalue weighted by Crippen LogP contribution is 2.41. The fourth-order valence-corrected chi connectivity index (χ4v) is 3.84. The lowest BCUT2D eigenvalue weighted by Gasteiger charge is -2.19. The summed E-state index contributed by atoms with van der Waals surface area (Å²) in [6, 6.07) is 14.1. The molecule has 1 atom stereocenters. The van der Waals surface area contributed by atoms with Crippen LogP contribution in [0.4, 0.5) is 0 Å². The number of nitrogens with one attached hydrogen (secondary N) is 2. The van der Waals surface area contributed by atoms with Crippen LogP contribution in [0.5, 0.6) is 5.75 Å². The summed E-state index contributed by atoms with van der Waals surface area (Å²) < 4.78 is 31.8. The minimum Gasteiger partial charge on any atom is -0.495 e. The van der Waals surface area contributed by atoms with Crippen molar-refractivity contribution < 1.29 is 17.9 Å². The molecule has 138 valence electrons. The van der Waals surface area contributed by atoms with E-state index in [9.17, 15) is 13.2 Å². The predicted molar refractivity (Wildman–Crippen MR) is 98.6 cm³/mol. The molecule has 0 heterocycles. The van der Waals surface area contributed by atoms with E-state index >= 15 is 0 Å². The highest BCUT2D eigenvalue weighted by molar-refractivity contribution is 7.89. The summed E-state index contributed by atoms with van der Waals surface area (Å²) in [5.41, 5.74) is 1.33. The normalized spacial score (nSPS) is 15.3. The maximum Gasteiger partial charge on any atom is 0.251 e. The number of hydrogen-bond acceptors (Lipinski definition) is 4. The minimum atomic E-state index is -3.74. The van der Waals surface area contributed by atoms with Crippen molar-refractivity contribution in [1.82, 2.24) is 10.0 Å². The average Bonchev–Trinajstić information content (AvgIpc) is 3.51. The van der Waals surface area contributed by atoms with Crippen LogP contribution in [0.15, 0.2) is 53.4 Å². The zero-order valence-corrected chi connectivity index (χ0v) is 15.5. The predicted octanol–water partition coefficient (Wildman–Crippen LogP) is 2.48. The molecule has 0 aliphatic heterocycles. The lowest BCUT2D eigenvalue weighted by atomic mass is 10.0. The SMILES string of the molecule is CNS(=O)(=O)c1cc(C(=O)NC(c2ccccc2)C2CC2)ccc1OC. The standard InChI is InChI=1S/C19H22N2O4S/c1-20-26(23,24)17-12-15(10-11-16(17)25-2)19(22)21-18(14-8-9-14)13-6-4-3-5-7-13/h3-7,10-12,14,18,20H,8-9H2,1-2H3,(H,21,22). The van der Waals surface area contributed by atoms with Crippen molar-refractivity contribution in [3.8, 4) is 5.75 Å². The first kappa shape index (κ1) is 18.4. The van der Waals surface area contributed by atoms with Gasteiger partial charge in [0.05, 0.1) is 13.2 Å². The summed E-state index contributed by atoms with van der Waals surface area (Å²) in [7, 11) is -1.03. The van der Waals surface area contributed by atoms with Crippen molar-refractivity contribution in [1.29, 1.82) is 0 Å². The van der Waals surface area contributed by atoms with Crippen LogP contribution in [0.3, 0.4) is 0 Å². The number of rotatable bonds is 7. The molecule has 0 bridgehead atoms. The van der Waals surface area contributed by atoms with Crippen molar-refractivity contribution in [2.45, 2.75) is 23.8 Å². The number of ether oxygens (including phenoxy) is 1. The Morgan fingerprint density at radius 1 is 1.15 bits per heavy atom. The van der Waals surface area contributed by atoms with Crippen molar-refractivity contribution in [2.24, 2.45) is 5.92 Å². The number of amides is 1. The largest absolute Gasteiger partial charge is 0.495 e. The molecule has 3 rings (SSSR count). The first-order valence-corrected chi connectivity index (χ1v) is 9.92. The second-order valence-electron chi connectivity index (χ2n) is 6.27. The van der Waals surface area contributed by atoms with Gasteiger partial charge in [0.25, 0.3) is 5.91 Å². The molecule has 0 spiro atoms. The molecule has 1 amide bonds. The van der Waals surface area contributed by atoms with Crippen LogP contribution in [0, 0.1) is 5.92 Å². The van der Waals surface area contributed by atoms with Crippen LogP contribution in [0.1, 0.15) is 34.8 Å². The van der Waals surface area contributed by atoms with Gasteiger partial charge in [-0.15, -0.1) is 0 Å². The van der Waals surface area contributed by atoms with Gasteiger partial charge in [-0.3, -0.25) is 4.79 Å². The third kappa shape index (κ3) is 3.89. The molecule has 2 aromatic rings. The fraction of sp³-hybridized carbons (Fsp3) is 0.316. The summed E-state index contributed by atoms with van der Waals surface area (Å²) in [6.07, 6.45) is 2.14. The molecule has 26 heavy (non-hydrogen) atoms. The molecule has 0 saturated heterocycles. The average molecular weight is 374 g/mol. The molecule has 2 N–H and O–H groups in total. The molecular formula is C19H22N2O4S. The van der Waals surface area contributed by atoms with E-state index in [2.05, 4.69) is 10.0 Å². The Bertz CT molecular complexity index is 893. The van der Waals surface area contributed by atoms with Crippen molar-refractivity contribution >= 4 is 15.9 Å². The first-order chi connectivity index (χ1) is 12.5. The molecule has 0 radical (unpaired) electrons. The van der Waals surface area contributed by atoms with Crippen LogP contribution >= 0.6 is 0 Å². The number of sulfonamides is 1. The lowest BCUT2D eigenvalue weighted by molar-refractivity contribution is 0.0931. The zero-order chi connectivity index (χ0) is 18.7. The Balaban J connectivity index is 1.89. The van der Waals surface area contributed by atoms with Crippen molar-refractivity contribution in [3.05, 3.63) is 59.7 Å². The van der Waals surface area contributed by atoms with Crippen LogP contribution in [-0.4, -0.2) is 28.5 Å². The Hall–Kier alpha value is -2.38. The summed E-state index contributed by atoms with van der Waals surface area (Å²) >= 11 is 0. The third-order valence-electron chi connectivity index (χ3n) is 4.52. The van der Waals surface area contributed by atoms with E-state index in [0.717, 1.165) is 18.4 Å². The third-order valence-corrected chi connectivity index (χ3v) is 5.96. The summed E-state index contributed by atoms with van der Waals surface area (Å²) in [6.45, 7) is 0. The fourth-order valence-electron chi connectivity index (χ4n) is 2.93. The molecule has 6 nitrogen and oxygen atoms in total. The minimum absolute atomic E-state index is 0.0576. The van der Waals surface area contributed by atoms with Gasteiger partial charge in [0.2, 0.25) is 10.0 Å². The monoisotopic (exact) mass is 374 g/mol. The first-order valence-electron chi connectivity index (χ1n) is 8.43. The van der Waals surface area contributed by atoms with E-state index in [0.29, 0.717) is 5.92 Å². The lowest BCUT2D eigenvalue weighted by Crippen LogP contribution is -2.30. The molecule has 1 aliphatic carbocycles. The van der Waals surface area contributed by atoms with E-state index in [1.165, 1.54) is 26.3 Å². The Labute approximate surface area is 153 Å². The smallest absolute Gasteiger partial charge is 0.251 e. The number of benzene rings is 2. The topological polar surface area (TPSA) is 84.5 Å². The van der Waals surface area contributed by atoms with Gasteiger partial charge >= 0.3 is 0 Å². The van der Waals surface area contributed by atoms with Gasteiger partial charge < -0.3 is 10.1 Å². The highest BCUT2D eigenvalue weighted by Gasteiger charge is 2.33. The van der Waals surface area contributed by atoms with E-state index in [1.54, 1.807) is 6.07 Å². The molecule has 1 aliphatic rings. The number of carbonyl (C=O) groups is 1. The molecule has 1 unspecified atom stereocenters. The maximum absolute atomic E-state index is 12.8. The van der Waals surface area contributed by atoms with Gasteiger partial charge in [-0.2, -0.15) is 0 Å². The van der Waals surface area contributed by atoms with Gasteiger partial charge in [0.1, 0.15) is 10.6 Å². The molecule has 1 fully saturated rings. The highest BCUT2D eigenvalue weighted by atomic mass is 32.2. The van der Waals surface area contributed by atoms with Gasteiger partial charge in [-0.05, 0) is 49.6 Å². The maximum atomic E-state index is 12.8. The molecule has 1 saturated carbocycles. The zero-order valence-electron chi connectivity index (χ0n) is 14.7. The molecule has 2 aromatic carbocycles. The number of methoxy groups -OCH3 is 1. The van der Waals surface area contributed by atoms with Gasteiger partial charge in [-0.25, -0.2) is 13.1 Å².